The number of fused-ring (bicyclic) bond motifs is 10. The predicted molar refractivity (Wildman–Crippen MR) is 196 cm³/mol. The van der Waals surface area contributed by atoms with Crippen LogP contribution in [-0.4, -0.2) is 9.13 Å². The van der Waals surface area contributed by atoms with Gasteiger partial charge in [0.15, 0.2) is 0 Å². The highest BCUT2D eigenvalue weighted by atomic mass is 15.0. The molecule has 0 saturated carbocycles. The Morgan fingerprint density at radius 2 is 0.913 bits per heavy atom. The zero-order chi connectivity index (χ0) is 30.2. The maximum Gasteiger partial charge on any atom is 0.0548 e. The van der Waals surface area contributed by atoms with Crippen molar-refractivity contribution in [2.75, 3.05) is 0 Å². The van der Waals surface area contributed by atoms with E-state index in [9.17, 15) is 0 Å². The van der Waals surface area contributed by atoms with Gasteiger partial charge in [0.05, 0.1) is 16.6 Å². The first kappa shape index (κ1) is 25.2. The normalized spacial score (nSPS) is 11.9. The van der Waals surface area contributed by atoms with Gasteiger partial charge in [-0.05, 0) is 98.0 Å². The molecule has 0 unspecified atom stereocenters. The molecule has 0 N–H and O–H groups in total. The van der Waals surface area contributed by atoms with Crippen LogP contribution in [0.4, 0.5) is 0 Å². The fourth-order valence-electron chi connectivity index (χ4n) is 7.60. The summed E-state index contributed by atoms with van der Waals surface area (Å²) in [5.41, 5.74) is 8.40. The zero-order valence-electron chi connectivity index (χ0n) is 25.1. The lowest BCUT2D eigenvalue weighted by Gasteiger charge is -2.13. The Hall–Kier alpha value is -6.12. The van der Waals surface area contributed by atoms with Crippen LogP contribution in [0.5, 0.6) is 0 Å². The lowest BCUT2D eigenvalue weighted by atomic mass is 9.92. The topological polar surface area (TPSA) is 9.86 Å². The third kappa shape index (κ3) is 3.65. The minimum Gasteiger partial charge on any atom is -0.317 e. The standard InChI is InChI=1S/C44H28N2/c1-2-12-32(13-3-1)45-24-23-31-27-44-41(28-43(31)45)39-19-8-9-20-42(39)46(44)33-14-10-11-29(25-33)30-21-22-38-36-17-5-4-15-34(36)35-16-6-7-18-37(35)40(38)26-30/h1-28H. The summed E-state index contributed by atoms with van der Waals surface area (Å²) < 4.78 is 4.71. The molecule has 0 saturated heterocycles. The SMILES string of the molecule is c1ccc(-n2ccc3cc4c(cc32)c2ccccc2n4-c2cccc(-c3ccc4c5ccccc5c5ccccc5c4c3)c2)cc1. The van der Waals surface area contributed by atoms with Crippen LogP contribution >= 0.6 is 0 Å². The molecule has 0 aliphatic carbocycles. The monoisotopic (exact) mass is 584 g/mol. The minimum absolute atomic E-state index is 1.16. The number of rotatable bonds is 3. The summed E-state index contributed by atoms with van der Waals surface area (Å²) in [6, 6.07) is 59.8. The van der Waals surface area contributed by atoms with E-state index in [0.29, 0.717) is 0 Å². The molecule has 0 bridgehead atoms. The first-order chi connectivity index (χ1) is 22.8. The first-order valence-electron chi connectivity index (χ1n) is 15.9. The Labute approximate surface area is 266 Å². The van der Waals surface area contributed by atoms with Crippen molar-refractivity contribution in [3.63, 3.8) is 0 Å². The van der Waals surface area contributed by atoms with Gasteiger partial charge >= 0.3 is 0 Å². The average molecular weight is 585 g/mol. The third-order valence-electron chi connectivity index (χ3n) is 9.70. The third-order valence-corrected chi connectivity index (χ3v) is 9.70. The smallest absolute Gasteiger partial charge is 0.0548 e. The van der Waals surface area contributed by atoms with Gasteiger partial charge in [-0.3, -0.25) is 0 Å². The van der Waals surface area contributed by atoms with Gasteiger partial charge in [0.1, 0.15) is 0 Å². The van der Waals surface area contributed by atoms with Gasteiger partial charge < -0.3 is 9.13 Å². The number of para-hydroxylation sites is 2. The van der Waals surface area contributed by atoms with Crippen LogP contribution in [0.3, 0.4) is 0 Å². The van der Waals surface area contributed by atoms with Gasteiger partial charge in [0.25, 0.3) is 0 Å². The van der Waals surface area contributed by atoms with E-state index in [0.717, 1.165) is 5.69 Å². The number of benzene rings is 8. The van der Waals surface area contributed by atoms with Crippen molar-refractivity contribution < 1.29 is 0 Å². The molecule has 10 aromatic rings. The fourth-order valence-corrected chi connectivity index (χ4v) is 7.60. The Morgan fingerprint density at radius 1 is 0.304 bits per heavy atom. The number of hydrogen-bond acceptors (Lipinski definition) is 0. The van der Waals surface area contributed by atoms with Crippen LogP contribution in [0.25, 0.3) is 87.5 Å². The molecule has 2 heteroatoms. The second kappa shape index (κ2) is 9.69. The van der Waals surface area contributed by atoms with E-state index in [4.69, 9.17) is 0 Å². The summed E-state index contributed by atoms with van der Waals surface area (Å²) in [5.74, 6) is 0. The fraction of sp³-hybridized carbons (Fsp3) is 0. The summed E-state index contributed by atoms with van der Waals surface area (Å²) >= 11 is 0. The van der Waals surface area contributed by atoms with Crippen LogP contribution in [0.15, 0.2) is 170 Å². The molecule has 0 atom stereocenters. The van der Waals surface area contributed by atoms with Gasteiger partial charge in [-0.2, -0.15) is 0 Å². The molecule has 8 aromatic carbocycles. The van der Waals surface area contributed by atoms with E-state index in [-0.39, 0.29) is 0 Å². The quantitative estimate of drug-likeness (QED) is 0.183. The number of nitrogens with zero attached hydrogens (tertiary/aromatic N) is 2. The molecule has 10 rings (SSSR count). The molecule has 0 aliphatic heterocycles. The molecule has 0 aliphatic rings. The molecule has 214 valence electrons. The highest BCUT2D eigenvalue weighted by Crippen LogP contribution is 2.39. The first-order valence-corrected chi connectivity index (χ1v) is 15.9. The lowest BCUT2D eigenvalue weighted by molar-refractivity contribution is 1.13. The maximum atomic E-state index is 2.43. The molecule has 2 aromatic heterocycles. The van der Waals surface area contributed by atoms with Crippen molar-refractivity contribution in [3.8, 4) is 22.5 Å². The van der Waals surface area contributed by atoms with Crippen molar-refractivity contribution in [3.05, 3.63) is 170 Å². The number of hydrogen-bond donors (Lipinski definition) is 0. The second-order valence-electron chi connectivity index (χ2n) is 12.2. The van der Waals surface area contributed by atoms with Crippen LogP contribution in [0.1, 0.15) is 0 Å². The Balaban J connectivity index is 1.18. The molecule has 0 fully saturated rings. The van der Waals surface area contributed by atoms with E-state index >= 15 is 0 Å². The molecule has 46 heavy (non-hydrogen) atoms. The van der Waals surface area contributed by atoms with E-state index in [1.807, 2.05) is 0 Å². The molecule has 2 heterocycles. The largest absolute Gasteiger partial charge is 0.317 e. The number of aromatic nitrogens is 2. The van der Waals surface area contributed by atoms with E-state index in [1.54, 1.807) is 0 Å². The van der Waals surface area contributed by atoms with Gasteiger partial charge in [0.2, 0.25) is 0 Å². The van der Waals surface area contributed by atoms with Gasteiger partial charge in [-0.25, -0.2) is 0 Å². The van der Waals surface area contributed by atoms with Crippen molar-refractivity contribution >= 4 is 65.0 Å². The summed E-state index contributed by atoms with van der Waals surface area (Å²) in [4.78, 5) is 0. The highest BCUT2D eigenvalue weighted by molar-refractivity contribution is 6.25. The molecule has 0 amide bonds. The van der Waals surface area contributed by atoms with E-state index < -0.39 is 0 Å². The van der Waals surface area contributed by atoms with Crippen molar-refractivity contribution in [2.24, 2.45) is 0 Å². The lowest BCUT2D eigenvalue weighted by Crippen LogP contribution is -1.95. The average Bonchev–Trinajstić information content (AvgIpc) is 3.69. The second-order valence-corrected chi connectivity index (χ2v) is 12.2. The predicted octanol–water partition coefficient (Wildman–Crippen LogP) is 11.9. The van der Waals surface area contributed by atoms with Crippen molar-refractivity contribution in [1.29, 1.82) is 0 Å². The van der Waals surface area contributed by atoms with Crippen molar-refractivity contribution in [2.45, 2.75) is 0 Å². The summed E-state index contributed by atoms with van der Waals surface area (Å²) in [5, 5.41) is 11.5. The van der Waals surface area contributed by atoms with E-state index in [1.165, 1.54) is 81.8 Å². The van der Waals surface area contributed by atoms with Gasteiger partial charge in [0, 0.05) is 33.7 Å². The molecule has 2 nitrogen and oxygen atoms in total. The van der Waals surface area contributed by atoms with Gasteiger partial charge in [-0.15, -0.1) is 0 Å². The Kier molecular flexibility index (Phi) is 5.31. The highest BCUT2D eigenvalue weighted by Gasteiger charge is 2.16. The van der Waals surface area contributed by atoms with Crippen LogP contribution in [0.2, 0.25) is 0 Å². The van der Waals surface area contributed by atoms with Crippen LogP contribution < -0.4 is 0 Å². The van der Waals surface area contributed by atoms with Crippen LogP contribution in [0, 0.1) is 0 Å². The Bertz CT molecular complexity index is 2760. The summed E-state index contributed by atoms with van der Waals surface area (Å²) in [7, 11) is 0. The summed E-state index contributed by atoms with van der Waals surface area (Å²) in [6.07, 6.45) is 2.18. The molecule has 0 spiro atoms. The van der Waals surface area contributed by atoms with Crippen LogP contribution in [-0.2, 0) is 0 Å². The summed E-state index contributed by atoms with van der Waals surface area (Å²) in [6.45, 7) is 0. The Morgan fingerprint density at radius 3 is 1.67 bits per heavy atom. The maximum absolute atomic E-state index is 2.43. The van der Waals surface area contributed by atoms with Gasteiger partial charge in [-0.1, -0.05) is 109 Å². The van der Waals surface area contributed by atoms with E-state index in [2.05, 4.69) is 179 Å². The van der Waals surface area contributed by atoms with Crippen molar-refractivity contribution in [1.82, 2.24) is 9.13 Å². The molecular weight excluding hydrogens is 556 g/mol. The molecule has 0 radical (unpaired) electrons. The molecular formula is C44H28N2. The zero-order valence-corrected chi connectivity index (χ0v) is 25.1. The minimum atomic E-state index is 1.16.